The van der Waals surface area contributed by atoms with E-state index in [0.29, 0.717) is 12.0 Å². The van der Waals surface area contributed by atoms with Crippen LogP contribution >= 0.6 is 0 Å². The molecule has 0 saturated heterocycles. The monoisotopic (exact) mass is 374 g/mol. The first-order valence-electron chi connectivity index (χ1n) is 8.94. The number of hydrogen-bond donors (Lipinski definition) is 2. The minimum atomic E-state index is -0.379. The molecule has 0 aliphatic heterocycles. The SMILES string of the molecule is COC(=O)c1cccc(Nc2ccc(NC(=O)Cc3cccc(C)c3)cc2)c1. The standard InChI is InChI=1S/C23H22N2O3/c1-16-5-3-6-17(13-16)14-22(26)25-20-11-9-19(10-12-20)24-21-8-4-7-18(15-21)23(27)28-2/h3-13,15,24H,14H2,1-2H3,(H,25,26). The first kappa shape index (κ1) is 19.2. The molecule has 0 aliphatic carbocycles. The van der Waals surface area contributed by atoms with Gasteiger partial charge in [0.1, 0.15) is 0 Å². The maximum Gasteiger partial charge on any atom is 0.337 e. The van der Waals surface area contributed by atoms with Crippen molar-refractivity contribution in [1.82, 2.24) is 0 Å². The third kappa shape index (κ3) is 5.20. The predicted molar refractivity (Wildman–Crippen MR) is 111 cm³/mol. The molecule has 142 valence electrons. The Labute approximate surface area is 164 Å². The van der Waals surface area contributed by atoms with Gasteiger partial charge in [0.05, 0.1) is 19.1 Å². The van der Waals surface area contributed by atoms with Crippen LogP contribution in [0.4, 0.5) is 17.1 Å². The van der Waals surface area contributed by atoms with Gasteiger partial charge in [-0.25, -0.2) is 4.79 Å². The van der Waals surface area contributed by atoms with E-state index in [1.54, 1.807) is 18.2 Å². The van der Waals surface area contributed by atoms with Crippen molar-refractivity contribution in [1.29, 1.82) is 0 Å². The van der Waals surface area contributed by atoms with Gasteiger partial charge in [-0.1, -0.05) is 35.9 Å². The maximum atomic E-state index is 12.2. The molecule has 0 saturated carbocycles. The highest BCUT2D eigenvalue weighted by atomic mass is 16.5. The average Bonchev–Trinajstić information content (AvgIpc) is 2.69. The molecule has 3 rings (SSSR count). The lowest BCUT2D eigenvalue weighted by molar-refractivity contribution is -0.115. The molecule has 5 nitrogen and oxygen atoms in total. The van der Waals surface area contributed by atoms with Crippen LogP contribution in [0.3, 0.4) is 0 Å². The molecule has 0 radical (unpaired) electrons. The van der Waals surface area contributed by atoms with Crippen LogP contribution in [0.2, 0.25) is 0 Å². The Balaban J connectivity index is 1.60. The van der Waals surface area contributed by atoms with E-state index in [2.05, 4.69) is 10.6 Å². The summed E-state index contributed by atoms with van der Waals surface area (Å²) in [5.41, 5.74) is 4.95. The molecule has 0 atom stereocenters. The van der Waals surface area contributed by atoms with E-state index in [-0.39, 0.29) is 11.9 Å². The number of benzene rings is 3. The number of aryl methyl sites for hydroxylation is 1. The van der Waals surface area contributed by atoms with Gasteiger partial charge in [-0.05, 0) is 55.0 Å². The number of hydrogen-bond acceptors (Lipinski definition) is 4. The van der Waals surface area contributed by atoms with E-state index in [1.807, 2.05) is 61.5 Å². The molecule has 0 heterocycles. The molecule has 3 aromatic rings. The zero-order valence-electron chi connectivity index (χ0n) is 15.9. The highest BCUT2D eigenvalue weighted by molar-refractivity contribution is 5.92. The Hall–Kier alpha value is -3.60. The molecule has 2 N–H and O–H groups in total. The molecule has 0 aliphatic rings. The van der Waals surface area contributed by atoms with Crippen LogP contribution in [0.5, 0.6) is 0 Å². The normalized spacial score (nSPS) is 10.2. The topological polar surface area (TPSA) is 67.4 Å². The summed E-state index contributed by atoms with van der Waals surface area (Å²) in [4.78, 5) is 23.9. The lowest BCUT2D eigenvalue weighted by Crippen LogP contribution is -2.14. The number of carbonyl (C=O) groups excluding carboxylic acids is 2. The molecule has 28 heavy (non-hydrogen) atoms. The number of nitrogens with one attached hydrogen (secondary N) is 2. The van der Waals surface area contributed by atoms with Gasteiger partial charge < -0.3 is 15.4 Å². The number of esters is 1. The van der Waals surface area contributed by atoms with Crippen LogP contribution in [0, 0.1) is 6.92 Å². The van der Waals surface area contributed by atoms with E-state index in [4.69, 9.17) is 4.74 Å². The van der Waals surface area contributed by atoms with Crippen LogP contribution in [0.15, 0.2) is 72.8 Å². The van der Waals surface area contributed by atoms with E-state index in [9.17, 15) is 9.59 Å². The Kier molecular flexibility index (Phi) is 6.07. The van der Waals surface area contributed by atoms with Gasteiger partial charge in [0.25, 0.3) is 0 Å². The van der Waals surface area contributed by atoms with Gasteiger partial charge in [-0.2, -0.15) is 0 Å². The van der Waals surface area contributed by atoms with Crippen LogP contribution in [0.25, 0.3) is 0 Å². The number of rotatable bonds is 6. The zero-order valence-corrected chi connectivity index (χ0v) is 15.9. The molecule has 5 heteroatoms. The Morgan fingerprint density at radius 2 is 1.57 bits per heavy atom. The summed E-state index contributed by atoms with van der Waals surface area (Å²) in [5, 5.41) is 6.13. The molecule has 0 spiro atoms. The molecule has 0 unspecified atom stereocenters. The smallest absolute Gasteiger partial charge is 0.337 e. The summed E-state index contributed by atoms with van der Waals surface area (Å²) in [6.07, 6.45) is 0.335. The second-order valence-electron chi connectivity index (χ2n) is 6.49. The number of carbonyl (C=O) groups is 2. The van der Waals surface area contributed by atoms with Gasteiger partial charge in [-0.15, -0.1) is 0 Å². The van der Waals surface area contributed by atoms with Gasteiger partial charge >= 0.3 is 5.97 Å². The quantitative estimate of drug-likeness (QED) is 0.614. The van der Waals surface area contributed by atoms with Gasteiger partial charge in [-0.3, -0.25) is 4.79 Å². The summed E-state index contributed by atoms with van der Waals surface area (Å²) in [7, 11) is 1.36. The predicted octanol–water partition coefficient (Wildman–Crippen LogP) is 4.71. The zero-order chi connectivity index (χ0) is 19.9. The Morgan fingerprint density at radius 1 is 0.857 bits per heavy atom. The molecule has 0 bridgehead atoms. The highest BCUT2D eigenvalue weighted by Crippen LogP contribution is 2.20. The average molecular weight is 374 g/mol. The summed E-state index contributed by atoms with van der Waals surface area (Å²) in [6, 6.07) is 22.4. The summed E-state index contributed by atoms with van der Waals surface area (Å²) in [5.74, 6) is -0.438. The van der Waals surface area contributed by atoms with Crippen LogP contribution in [-0.4, -0.2) is 19.0 Å². The number of methoxy groups -OCH3 is 1. The second-order valence-corrected chi connectivity index (χ2v) is 6.49. The van der Waals surface area contributed by atoms with Crippen LogP contribution in [0.1, 0.15) is 21.5 Å². The number of amides is 1. The maximum absolute atomic E-state index is 12.2. The summed E-state index contributed by atoms with van der Waals surface area (Å²) in [6.45, 7) is 2.01. The molecule has 0 fully saturated rings. The third-order valence-electron chi connectivity index (χ3n) is 4.19. The molecular weight excluding hydrogens is 352 g/mol. The molecule has 0 aromatic heterocycles. The van der Waals surface area contributed by atoms with E-state index in [1.165, 1.54) is 7.11 Å². The van der Waals surface area contributed by atoms with Crippen molar-refractivity contribution in [3.8, 4) is 0 Å². The molecular formula is C23H22N2O3. The summed E-state index contributed by atoms with van der Waals surface area (Å²) < 4.78 is 4.74. The van der Waals surface area contributed by atoms with Crippen LogP contribution < -0.4 is 10.6 Å². The van der Waals surface area contributed by atoms with Crippen LogP contribution in [-0.2, 0) is 16.0 Å². The minimum Gasteiger partial charge on any atom is -0.465 e. The van der Waals surface area contributed by atoms with E-state index in [0.717, 1.165) is 28.2 Å². The van der Waals surface area contributed by atoms with Gasteiger partial charge in [0.15, 0.2) is 0 Å². The van der Waals surface area contributed by atoms with Crippen molar-refractivity contribution in [3.63, 3.8) is 0 Å². The highest BCUT2D eigenvalue weighted by Gasteiger charge is 2.07. The largest absolute Gasteiger partial charge is 0.465 e. The fourth-order valence-electron chi connectivity index (χ4n) is 2.86. The lowest BCUT2D eigenvalue weighted by Gasteiger charge is -2.10. The minimum absolute atomic E-state index is 0.0583. The fraction of sp³-hybridized carbons (Fsp3) is 0.130. The molecule has 1 amide bonds. The first-order chi connectivity index (χ1) is 13.5. The lowest BCUT2D eigenvalue weighted by atomic mass is 10.1. The fourth-order valence-corrected chi connectivity index (χ4v) is 2.86. The molecule has 3 aromatic carbocycles. The van der Waals surface area contributed by atoms with Gasteiger partial charge in [0.2, 0.25) is 5.91 Å². The summed E-state index contributed by atoms with van der Waals surface area (Å²) >= 11 is 0. The van der Waals surface area contributed by atoms with Crippen molar-refractivity contribution in [2.75, 3.05) is 17.7 Å². The number of anilines is 3. The Bertz CT molecular complexity index is 981. The third-order valence-corrected chi connectivity index (χ3v) is 4.19. The van der Waals surface area contributed by atoms with Gasteiger partial charge in [0, 0.05) is 17.1 Å². The van der Waals surface area contributed by atoms with E-state index < -0.39 is 0 Å². The second kappa shape index (κ2) is 8.86. The van der Waals surface area contributed by atoms with Crippen molar-refractivity contribution < 1.29 is 14.3 Å². The van der Waals surface area contributed by atoms with Crippen molar-refractivity contribution in [2.24, 2.45) is 0 Å². The van der Waals surface area contributed by atoms with E-state index >= 15 is 0 Å². The van der Waals surface area contributed by atoms with Crippen molar-refractivity contribution in [3.05, 3.63) is 89.5 Å². The van der Waals surface area contributed by atoms with Crippen molar-refractivity contribution in [2.45, 2.75) is 13.3 Å². The number of ether oxygens (including phenoxy) is 1. The Morgan fingerprint density at radius 3 is 2.29 bits per heavy atom. The first-order valence-corrected chi connectivity index (χ1v) is 8.94. The van der Waals surface area contributed by atoms with Crippen molar-refractivity contribution >= 4 is 28.9 Å².